The monoisotopic (exact) mass is 238 g/mol. The molecule has 0 heterocycles. The van der Waals surface area contributed by atoms with Gasteiger partial charge in [-0.25, -0.2) is 0 Å². The van der Waals surface area contributed by atoms with Crippen molar-refractivity contribution in [2.45, 2.75) is 26.7 Å². The van der Waals surface area contributed by atoms with E-state index in [-0.39, 0.29) is 0 Å². The Morgan fingerprint density at radius 3 is 2.28 bits per heavy atom. The first kappa shape index (κ1) is 14.2. The van der Waals surface area contributed by atoms with Crippen molar-refractivity contribution in [1.82, 2.24) is 0 Å². The number of allylic oxidation sites excluding steroid dienone is 2. The van der Waals surface area contributed by atoms with Gasteiger partial charge in [0.25, 0.3) is 0 Å². The minimum Gasteiger partial charge on any atom is -0.103 e. The molecule has 0 heteroatoms. The highest BCUT2D eigenvalue weighted by molar-refractivity contribution is 5.82. The van der Waals surface area contributed by atoms with Gasteiger partial charge in [-0.05, 0) is 36.1 Å². The molecule has 0 spiro atoms. The zero-order chi connectivity index (χ0) is 13.4. The van der Waals surface area contributed by atoms with Crippen LogP contribution in [0.5, 0.6) is 0 Å². The molecular formula is C18H22. The molecule has 0 atom stereocenters. The zero-order valence-corrected chi connectivity index (χ0v) is 11.4. The van der Waals surface area contributed by atoms with Crippen LogP contribution in [0, 0.1) is 0 Å². The van der Waals surface area contributed by atoms with Crippen LogP contribution in [0.25, 0.3) is 10.8 Å². The molecule has 0 aliphatic rings. The highest BCUT2D eigenvalue weighted by Gasteiger charge is 1.92. The van der Waals surface area contributed by atoms with Crippen LogP contribution in [-0.2, 0) is 6.42 Å². The van der Waals surface area contributed by atoms with E-state index in [0.29, 0.717) is 0 Å². The Morgan fingerprint density at radius 1 is 1.11 bits per heavy atom. The number of aryl methyl sites for hydroxylation is 1. The smallest absolute Gasteiger partial charge is 0.0147 e. The molecule has 18 heavy (non-hydrogen) atoms. The standard InChI is InChI=1S/C12H12.C6H10/c1-2-10-7-8-11-5-3-4-6-12(11)9-10;1-4-5-6(2)3/h3-9H,2H2,1H3;4H,1-2,5H2,3H3. The molecule has 0 saturated carbocycles. The number of benzene rings is 2. The van der Waals surface area contributed by atoms with E-state index in [2.05, 4.69) is 62.5 Å². The normalized spacial score (nSPS) is 9.44. The first-order chi connectivity index (χ1) is 8.67. The van der Waals surface area contributed by atoms with Crippen molar-refractivity contribution < 1.29 is 0 Å². The zero-order valence-electron chi connectivity index (χ0n) is 11.4. The van der Waals surface area contributed by atoms with Crippen molar-refractivity contribution in [2.75, 3.05) is 0 Å². The van der Waals surface area contributed by atoms with Crippen LogP contribution in [0.3, 0.4) is 0 Å². The Hall–Kier alpha value is -1.82. The van der Waals surface area contributed by atoms with E-state index in [1.165, 1.54) is 21.9 Å². The second-order valence-electron chi connectivity index (χ2n) is 4.48. The molecule has 0 fully saturated rings. The lowest BCUT2D eigenvalue weighted by molar-refractivity contribution is 1.15. The van der Waals surface area contributed by atoms with E-state index in [4.69, 9.17) is 0 Å². The second kappa shape index (κ2) is 7.50. The van der Waals surface area contributed by atoms with Crippen molar-refractivity contribution in [3.63, 3.8) is 0 Å². The first-order valence-corrected chi connectivity index (χ1v) is 6.40. The summed E-state index contributed by atoms with van der Waals surface area (Å²) in [5.41, 5.74) is 2.58. The second-order valence-corrected chi connectivity index (χ2v) is 4.48. The SMILES string of the molecule is C=CCC(=C)C.CCc1ccc2ccccc2c1. The number of fused-ring (bicyclic) bond motifs is 1. The van der Waals surface area contributed by atoms with Gasteiger partial charge in [0.2, 0.25) is 0 Å². The molecule has 2 rings (SSSR count). The predicted molar refractivity (Wildman–Crippen MR) is 83.0 cm³/mol. The molecule has 0 N–H and O–H groups in total. The molecule has 0 radical (unpaired) electrons. The Labute approximate surface area is 111 Å². The molecule has 0 aromatic heterocycles. The fourth-order valence-corrected chi connectivity index (χ4v) is 1.71. The lowest BCUT2D eigenvalue weighted by Gasteiger charge is -1.99. The number of hydrogen-bond acceptors (Lipinski definition) is 0. The van der Waals surface area contributed by atoms with Gasteiger partial charge in [-0.2, -0.15) is 0 Å². The summed E-state index contributed by atoms with van der Waals surface area (Å²) in [6, 6.07) is 15.1. The molecule has 0 bridgehead atoms. The molecule has 94 valence electrons. The third kappa shape index (κ3) is 4.58. The van der Waals surface area contributed by atoms with E-state index >= 15 is 0 Å². The van der Waals surface area contributed by atoms with Crippen LogP contribution in [-0.4, -0.2) is 0 Å². The minimum absolute atomic E-state index is 0.944. The predicted octanol–water partition coefficient (Wildman–Crippen LogP) is 5.54. The summed E-state index contributed by atoms with van der Waals surface area (Å²) in [5, 5.41) is 2.67. The third-order valence-corrected chi connectivity index (χ3v) is 2.71. The van der Waals surface area contributed by atoms with Gasteiger partial charge in [-0.15, -0.1) is 6.58 Å². The minimum atomic E-state index is 0.944. The Morgan fingerprint density at radius 2 is 1.78 bits per heavy atom. The van der Waals surface area contributed by atoms with E-state index < -0.39 is 0 Å². The topological polar surface area (TPSA) is 0 Å². The van der Waals surface area contributed by atoms with Crippen molar-refractivity contribution in [3.8, 4) is 0 Å². The molecular weight excluding hydrogens is 216 g/mol. The van der Waals surface area contributed by atoms with Gasteiger partial charge in [-0.1, -0.05) is 67.6 Å². The van der Waals surface area contributed by atoms with Gasteiger partial charge in [0, 0.05) is 0 Å². The fraction of sp³-hybridized carbons (Fsp3) is 0.222. The summed E-state index contributed by atoms with van der Waals surface area (Å²) in [6.45, 7) is 11.4. The van der Waals surface area contributed by atoms with Crippen LogP contribution in [0.1, 0.15) is 25.8 Å². The van der Waals surface area contributed by atoms with Crippen molar-refractivity contribution in [1.29, 1.82) is 0 Å². The van der Waals surface area contributed by atoms with E-state index in [1.807, 2.05) is 13.0 Å². The first-order valence-electron chi connectivity index (χ1n) is 6.40. The largest absolute Gasteiger partial charge is 0.103 e. The Balaban J connectivity index is 0.000000232. The highest BCUT2D eigenvalue weighted by Crippen LogP contribution is 2.15. The lowest BCUT2D eigenvalue weighted by Crippen LogP contribution is -1.79. The maximum atomic E-state index is 3.67. The number of hydrogen-bond donors (Lipinski definition) is 0. The van der Waals surface area contributed by atoms with Gasteiger partial charge in [0.15, 0.2) is 0 Å². The summed E-state index contributed by atoms with van der Waals surface area (Å²) in [6.07, 6.45) is 3.91. The van der Waals surface area contributed by atoms with Crippen molar-refractivity contribution in [2.24, 2.45) is 0 Å². The van der Waals surface area contributed by atoms with Gasteiger partial charge in [0.1, 0.15) is 0 Å². The van der Waals surface area contributed by atoms with Crippen LogP contribution < -0.4 is 0 Å². The Bertz CT molecular complexity index is 520. The average molecular weight is 238 g/mol. The summed E-state index contributed by atoms with van der Waals surface area (Å²) < 4.78 is 0. The molecule has 2 aromatic carbocycles. The molecule has 0 aliphatic heterocycles. The molecule has 0 aliphatic carbocycles. The average Bonchev–Trinajstić information content (AvgIpc) is 2.38. The molecule has 0 nitrogen and oxygen atoms in total. The van der Waals surface area contributed by atoms with Crippen molar-refractivity contribution >= 4 is 10.8 Å². The van der Waals surface area contributed by atoms with Crippen LogP contribution in [0.15, 0.2) is 67.3 Å². The molecule has 0 unspecified atom stereocenters. The van der Waals surface area contributed by atoms with Crippen LogP contribution in [0.2, 0.25) is 0 Å². The van der Waals surface area contributed by atoms with Crippen LogP contribution in [0.4, 0.5) is 0 Å². The summed E-state index contributed by atoms with van der Waals surface area (Å²) in [7, 11) is 0. The van der Waals surface area contributed by atoms with Gasteiger partial charge >= 0.3 is 0 Å². The van der Waals surface area contributed by atoms with Gasteiger partial charge < -0.3 is 0 Å². The quantitative estimate of drug-likeness (QED) is 0.616. The maximum Gasteiger partial charge on any atom is -0.0147 e. The molecule has 0 amide bonds. The number of rotatable bonds is 3. The fourth-order valence-electron chi connectivity index (χ4n) is 1.71. The van der Waals surface area contributed by atoms with Crippen LogP contribution >= 0.6 is 0 Å². The summed E-state index contributed by atoms with van der Waals surface area (Å²) >= 11 is 0. The lowest BCUT2D eigenvalue weighted by atomic mass is 10.1. The van der Waals surface area contributed by atoms with Gasteiger partial charge in [-0.3, -0.25) is 0 Å². The molecule has 0 saturated heterocycles. The van der Waals surface area contributed by atoms with Crippen molar-refractivity contribution in [3.05, 3.63) is 72.8 Å². The van der Waals surface area contributed by atoms with E-state index in [0.717, 1.165) is 12.8 Å². The maximum absolute atomic E-state index is 3.67. The summed E-state index contributed by atoms with van der Waals surface area (Å²) in [4.78, 5) is 0. The Kier molecular flexibility index (Phi) is 5.93. The third-order valence-electron chi connectivity index (χ3n) is 2.71. The van der Waals surface area contributed by atoms with Gasteiger partial charge in [0.05, 0.1) is 0 Å². The highest BCUT2D eigenvalue weighted by atomic mass is 14.0. The molecule has 2 aromatic rings. The summed E-state index contributed by atoms with van der Waals surface area (Å²) in [5.74, 6) is 0. The van der Waals surface area contributed by atoms with E-state index in [1.54, 1.807) is 0 Å². The van der Waals surface area contributed by atoms with E-state index in [9.17, 15) is 0 Å².